The van der Waals surface area contributed by atoms with E-state index in [4.69, 9.17) is 14.2 Å². The maximum Gasteiger partial charge on any atom is 0.294 e. The highest BCUT2D eigenvalue weighted by molar-refractivity contribution is 7.19. The lowest BCUT2D eigenvalue weighted by molar-refractivity contribution is -0.117. The summed E-state index contributed by atoms with van der Waals surface area (Å²) < 4.78 is 18.1. The standard InChI is InChI=1S/C23H20N4O5S/c1-13-24-21-22(33-13)20(14-3-6-16(30-2)7-4-14)26-27(23(21)29)12-19(28)25-15-5-8-17-18(11-15)32-10-9-31-17/h3-8,11H,9-10,12H2,1-2H3,(H,25,28). The molecule has 1 aliphatic heterocycles. The summed E-state index contributed by atoms with van der Waals surface area (Å²) in [6.07, 6.45) is 0. The Morgan fingerprint density at radius 2 is 1.91 bits per heavy atom. The summed E-state index contributed by atoms with van der Waals surface area (Å²) in [5.41, 5.74) is 1.81. The largest absolute Gasteiger partial charge is 0.497 e. The van der Waals surface area contributed by atoms with E-state index in [0.717, 1.165) is 15.3 Å². The Bertz CT molecular complexity index is 1410. The molecule has 2 aromatic carbocycles. The van der Waals surface area contributed by atoms with Crippen LogP contribution >= 0.6 is 11.3 Å². The van der Waals surface area contributed by atoms with E-state index in [9.17, 15) is 9.59 Å². The van der Waals surface area contributed by atoms with Gasteiger partial charge in [-0.05, 0) is 43.3 Å². The van der Waals surface area contributed by atoms with Crippen LogP contribution in [0.3, 0.4) is 0 Å². The maximum atomic E-state index is 13.0. The van der Waals surface area contributed by atoms with Gasteiger partial charge in [0.05, 0.1) is 16.8 Å². The van der Waals surface area contributed by atoms with Crippen LogP contribution in [0.5, 0.6) is 17.2 Å². The normalized spacial score (nSPS) is 12.5. The molecule has 168 valence electrons. The second-order valence-electron chi connectivity index (χ2n) is 7.36. The molecule has 0 atom stereocenters. The van der Waals surface area contributed by atoms with Gasteiger partial charge in [0, 0.05) is 17.3 Å². The molecule has 0 aliphatic carbocycles. The Morgan fingerprint density at radius 3 is 2.67 bits per heavy atom. The molecule has 9 nitrogen and oxygen atoms in total. The van der Waals surface area contributed by atoms with Crippen LogP contribution in [-0.4, -0.2) is 41.0 Å². The minimum absolute atomic E-state index is 0.261. The van der Waals surface area contributed by atoms with Gasteiger partial charge in [-0.2, -0.15) is 5.10 Å². The van der Waals surface area contributed by atoms with E-state index in [1.807, 2.05) is 31.2 Å². The van der Waals surface area contributed by atoms with Gasteiger partial charge in [-0.25, -0.2) is 9.67 Å². The summed E-state index contributed by atoms with van der Waals surface area (Å²) in [5, 5.41) is 8.05. The van der Waals surface area contributed by atoms with Crippen molar-refractivity contribution < 1.29 is 19.0 Å². The van der Waals surface area contributed by atoms with Gasteiger partial charge in [-0.1, -0.05) is 0 Å². The molecule has 0 unspecified atom stereocenters. The number of benzene rings is 2. The van der Waals surface area contributed by atoms with Crippen molar-refractivity contribution in [2.45, 2.75) is 13.5 Å². The molecule has 4 aromatic rings. The van der Waals surface area contributed by atoms with Crippen LogP contribution in [0.2, 0.25) is 0 Å². The number of nitrogens with one attached hydrogen (secondary N) is 1. The second-order valence-corrected chi connectivity index (χ2v) is 8.56. The van der Waals surface area contributed by atoms with Gasteiger partial charge in [0.15, 0.2) is 17.0 Å². The average Bonchev–Trinajstić information content (AvgIpc) is 3.23. The van der Waals surface area contributed by atoms with E-state index in [1.54, 1.807) is 25.3 Å². The summed E-state index contributed by atoms with van der Waals surface area (Å²) in [4.78, 5) is 30.2. The van der Waals surface area contributed by atoms with Gasteiger partial charge in [0.25, 0.3) is 5.56 Å². The van der Waals surface area contributed by atoms with E-state index in [1.165, 1.54) is 11.3 Å². The van der Waals surface area contributed by atoms with Gasteiger partial charge >= 0.3 is 0 Å². The number of nitrogens with zero attached hydrogens (tertiary/aromatic N) is 3. The lowest BCUT2D eigenvalue weighted by Gasteiger charge is -2.19. The minimum atomic E-state index is -0.413. The predicted octanol–water partition coefficient (Wildman–Crippen LogP) is 3.25. The topological polar surface area (TPSA) is 105 Å². The van der Waals surface area contributed by atoms with Crippen LogP contribution in [0.4, 0.5) is 5.69 Å². The van der Waals surface area contributed by atoms with E-state index in [0.29, 0.717) is 52.1 Å². The lowest BCUT2D eigenvalue weighted by atomic mass is 10.1. The number of aromatic nitrogens is 3. The van der Waals surface area contributed by atoms with Crippen LogP contribution in [0.1, 0.15) is 5.01 Å². The highest BCUT2D eigenvalue weighted by atomic mass is 32.1. The molecule has 10 heteroatoms. The number of fused-ring (bicyclic) bond motifs is 2. The third-order valence-electron chi connectivity index (χ3n) is 5.09. The number of ether oxygens (including phenoxy) is 3. The average molecular weight is 465 g/mol. The summed E-state index contributed by atoms with van der Waals surface area (Å²) in [6, 6.07) is 12.5. The first kappa shape index (κ1) is 21.0. The number of amides is 1. The molecule has 3 heterocycles. The van der Waals surface area contributed by atoms with E-state index in [-0.39, 0.29) is 6.54 Å². The van der Waals surface area contributed by atoms with Crippen LogP contribution in [-0.2, 0) is 11.3 Å². The highest BCUT2D eigenvalue weighted by Crippen LogP contribution is 2.33. The number of methoxy groups -OCH3 is 1. The number of thiazole rings is 1. The summed E-state index contributed by atoms with van der Waals surface area (Å²) >= 11 is 1.40. The van der Waals surface area contributed by atoms with Crippen LogP contribution < -0.4 is 25.1 Å². The number of rotatable bonds is 5. The number of hydrogen-bond donors (Lipinski definition) is 1. The molecule has 1 N–H and O–H groups in total. The van der Waals surface area contributed by atoms with E-state index < -0.39 is 11.5 Å². The molecule has 0 bridgehead atoms. The van der Waals surface area contributed by atoms with E-state index >= 15 is 0 Å². The predicted molar refractivity (Wildman–Crippen MR) is 124 cm³/mol. The molecular weight excluding hydrogens is 444 g/mol. The number of aryl methyl sites for hydroxylation is 1. The third-order valence-corrected chi connectivity index (χ3v) is 6.07. The van der Waals surface area contributed by atoms with Crippen molar-refractivity contribution in [2.75, 3.05) is 25.6 Å². The molecule has 0 saturated carbocycles. The first-order valence-corrected chi connectivity index (χ1v) is 11.1. The van der Waals surface area contributed by atoms with E-state index in [2.05, 4.69) is 15.4 Å². The quantitative estimate of drug-likeness (QED) is 0.483. The fourth-order valence-corrected chi connectivity index (χ4v) is 4.49. The second kappa shape index (κ2) is 8.55. The van der Waals surface area contributed by atoms with Gasteiger partial charge < -0.3 is 19.5 Å². The molecule has 0 fully saturated rings. The van der Waals surface area contributed by atoms with Crippen molar-refractivity contribution in [3.63, 3.8) is 0 Å². The Morgan fingerprint density at radius 1 is 1.15 bits per heavy atom. The Hall–Kier alpha value is -3.92. The lowest BCUT2D eigenvalue weighted by Crippen LogP contribution is -2.30. The molecule has 0 radical (unpaired) electrons. The molecular formula is C23H20N4O5S. The van der Waals surface area contributed by atoms with Crippen molar-refractivity contribution >= 4 is 33.1 Å². The Balaban J connectivity index is 1.47. The van der Waals surface area contributed by atoms with Gasteiger partial charge in [0.2, 0.25) is 5.91 Å². The molecule has 0 spiro atoms. The zero-order valence-electron chi connectivity index (χ0n) is 18.0. The monoisotopic (exact) mass is 464 g/mol. The highest BCUT2D eigenvalue weighted by Gasteiger charge is 2.19. The SMILES string of the molecule is COc1ccc(-c2nn(CC(=O)Nc3ccc4c(c3)OCCO4)c(=O)c3nc(C)sc23)cc1. The van der Waals surface area contributed by atoms with Crippen LogP contribution in [0.15, 0.2) is 47.3 Å². The zero-order valence-corrected chi connectivity index (χ0v) is 18.8. The smallest absolute Gasteiger partial charge is 0.294 e. The first-order chi connectivity index (χ1) is 16.0. The van der Waals surface area contributed by atoms with Crippen molar-refractivity contribution in [3.05, 3.63) is 57.8 Å². The molecule has 0 saturated heterocycles. The number of carbonyl (C=O) groups excluding carboxylic acids is 1. The minimum Gasteiger partial charge on any atom is -0.497 e. The van der Waals surface area contributed by atoms with Gasteiger partial charge in [0.1, 0.15) is 31.2 Å². The fraction of sp³-hybridized carbons (Fsp3) is 0.217. The molecule has 33 heavy (non-hydrogen) atoms. The number of hydrogen-bond acceptors (Lipinski definition) is 8. The van der Waals surface area contributed by atoms with Crippen molar-refractivity contribution in [1.82, 2.24) is 14.8 Å². The van der Waals surface area contributed by atoms with Crippen molar-refractivity contribution in [2.24, 2.45) is 0 Å². The zero-order chi connectivity index (χ0) is 22.9. The van der Waals surface area contributed by atoms with Crippen LogP contribution in [0.25, 0.3) is 21.5 Å². The summed E-state index contributed by atoms with van der Waals surface area (Å²) in [7, 11) is 1.60. The molecule has 5 rings (SSSR count). The Labute approximate surface area is 192 Å². The third kappa shape index (κ3) is 4.12. The van der Waals surface area contributed by atoms with Gasteiger partial charge in [-0.15, -0.1) is 11.3 Å². The Kier molecular flexibility index (Phi) is 5.43. The summed E-state index contributed by atoms with van der Waals surface area (Å²) in [6.45, 7) is 2.51. The van der Waals surface area contributed by atoms with Crippen molar-refractivity contribution in [1.29, 1.82) is 0 Å². The molecule has 1 amide bonds. The number of carbonyl (C=O) groups is 1. The maximum absolute atomic E-state index is 13.0. The van der Waals surface area contributed by atoms with Crippen LogP contribution in [0, 0.1) is 6.92 Å². The summed E-state index contributed by atoms with van der Waals surface area (Å²) in [5.74, 6) is 1.51. The first-order valence-electron chi connectivity index (χ1n) is 10.2. The fourth-order valence-electron chi connectivity index (χ4n) is 3.57. The van der Waals surface area contributed by atoms with Gasteiger partial charge in [-0.3, -0.25) is 9.59 Å². The molecule has 2 aromatic heterocycles. The number of anilines is 1. The molecule has 1 aliphatic rings. The van der Waals surface area contributed by atoms with Crippen molar-refractivity contribution in [3.8, 4) is 28.5 Å².